The Balaban J connectivity index is 1.30. The molecule has 1 saturated heterocycles. The van der Waals surface area contributed by atoms with Crippen LogP contribution in [0.25, 0.3) is 22.8 Å². The van der Waals surface area contributed by atoms with Crippen molar-refractivity contribution < 1.29 is 23.6 Å². The first-order valence-electron chi connectivity index (χ1n) is 11.1. The maximum absolute atomic E-state index is 13.2. The van der Waals surface area contributed by atoms with Crippen molar-refractivity contribution in [1.29, 1.82) is 0 Å². The molecule has 33 heavy (non-hydrogen) atoms. The second-order valence-corrected chi connectivity index (χ2v) is 8.94. The van der Waals surface area contributed by atoms with Crippen LogP contribution < -0.4 is 14.4 Å². The molecule has 0 spiro atoms. The number of ether oxygens (including phenoxy) is 2. The van der Waals surface area contributed by atoms with Gasteiger partial charge in [-0.2, -0.15) is 4.98 Å². The number of nitrogens with zero attached hydrogens (tertiary/aromatic N) is 3. The van der Waals surface area contributed by atoms with E-state index in [9.17, 15) is 9.59 Å². The molecule has 2 amide bonds. The summed E-state index contributed by atoms with van der Waals surface area (Å²) in [5.41, 5.74) is 1.92. The fraction of sp³-hybridized carbons (Fsp3) is 0.360. The molecule has 6 rings (SSSR count). The average Bonchev–Trinajstić information content (AvgIpc) is 3.63. The summed E-state index contributed by atoms with van der Waals surface area (Å²) in [5, 5.41) is 4.10. The maximum Gasteiger partial charge on any atom is 0.258 e. The van der Waals surface area contributed by atoms with Crippen LogP contribution >= 0.6 is 0 Å². The minimum atomic E-state index is -0.153. The SMILES string of the molecule is COc1ccc(-c2noc(-c3cccc(N4C(=O)[C@H]5[C@H]6CC[C@@H](C6)[C@@H]5C4=O)c3)n2)cc1OC. The zero-order valence-electron chi connectivity index (χ0n) is 18.4. The van der Waals surface area contributed by atoms with Gasteiger partial charge in [0.2, 0.25) is 17.6 Å². The Bertz CT molecular complexity index is 1240. The lowest BCUT2D eigenvalue weighted by atomic mass is 9.81. The van der Waals surface area contributed by atoms with E-state index in [1.54, 1.807) is 44.6 Å². The highest BCUT2D eigenvalue weighted by molar-refractivity contribution is 6.22. The minimum absolute atomic E-state index is 0.0640. The smallest absolute Gasteiger partial charge is 0.258 e. The Labute approximate surface area is 190 Å². The summed E-state index contributed by atoms with van der Waals surface area (Å²) in [7, 11) is 3.14. The first-order valence-corrected chi connectivity index (χ1v) is 11.1. The van der Waals surface area contributed by atoms with Crippen molar-refractivity contribution in [2.24, 2.45) is 23.7 Å². The van der Waals surface area contributed by atoms with E-state index in [1.165, 1.54) is 4.90 Å². The van der Waals surface area contributed by atoms with Crippen LogP contribution in [0.5, 0.6) is 11.5 Å². The fourth-order valence-corrected chi connectivity index (χ4v) is 5.87. The number of hydrogen-bond acceptors (Lipinski definition) is 7. The first kappa shape index (κ1) is 20.0. The van der Waals surface area contributed by atoms with Crippen molar-refractivity contribution in [1.82, 2.24) is 10.1 Å². The number of anilines is 1. The normalized spacial score (nSPS) is 25.6. The van der Waals surface area contributed by atoms with Crippen LogP contribution in [0.4, 0.5) is 5.69 Å². The molecule has 0 unspecified atom stereocenters. The van der Waals surface area contributed by atoms with Crippen molar-refractivity contribution in [3.8, 4) is 34.3 Å². The molecule has 4 atom stereocenters. The van der Waals surface area contributed by atoms with E-state index in [4.69, 9.17) is 14.0 Å². The van der Waals surface area contributed by atoms with Gasteiger partial charge in [0.25, 0.3) is 5.89 Å². The minimum Gasteiger partial charge on any atom is -0.493 e. The Kier molecular flexibility index (Phi) is 4.50. The van der Waals surface area contributed by atoms with Crippen LogP contribution in [-0.2, 0) is 9.59 Å². The largest absolute Gasteiger partial charge is 0.493 e. The van der Waals surface area contributed by atoms with Crippen LogP contribution in [0, 0.1) is 23.7 Å². The van der Waals surface area contributed by atoms with Crippen molar-refractivity contribution >= 4 is 17.5 Å². The van der Waals surface area contributed by atoms with Gasteiger partial charge in [0.15, 0.2) is 11.5 Å². The first-order chi connectivity index (χ1) is 16.1. The summed E-state index contributed by atoms with van der Waals surface area (Å²) >= 11 is 0. The number of aromatic nitrogens is 2. The molecule has 1 aromatic heterocycles. The maximum atomic E-state index is 13.2. The third-order valence-electron chi connectivity index (χ3n) is 7.35. The van der Waals surface area contributed by atoms with Crippen molar-refractivity contribution in [2.45, 2.75) is 19.3 Å². The van der Waals surface area contributed by atoms with Crippen LogP contribution in [0.2, 0.25) is 0 Å². The zero-order valence-corrected chi connectivity index (χ0v) is 18.4. The van der Waals surface area contributed by atoms with Gasteiger partial charge in [0, 0.05) is 11.1 Å². The number of fused-ring (bicyclic) bond motifs is 5. The average molecular weight is 445 g/mol. The molecule has 8 nitrogen and oxygen atoms in total. The van der Waals surface area contributed by atoms with E-state index in [-0.39, 0.29) is 23.7 Å². The second-order valence-electron chi connectivity index (χ2n) is 8.94. The van der Waals surface area contributed by atoms with Gasteiger partial charge in [-0.25, -0.2) is 0 Å². The molecular formula is C25H23N3O5. The molecule has 0 N–H and O–H groups in total. The molecule has 3 aliphatic rings. The highest BCUT2D eigenvalue weighted by Crippen LogP contribution is 2.56. The summed E-state index contributed by atoms with van der Waals surface area (Å²) in [6.45, 7) is 0. The summed E-state index contributed by atoms with van der Waals surface area (Å²) in [4.78, 5) is 32.2. The molecule has 2 aromatic carbocycles. The molecule has 2 bridgehead atoms. The highest BCUT2D eigenvalue weighted by Gasteiger charge is 2.61. The molecule has 2 saturated carbocycles. The predicted octanol–water partition coefficient (Wildman–Crippen LogP) is 3.96. The second kappa shape index (κ2) is 7.43. The molecule has 2 heterocycles. The van der Waals surface area contributed by atoms with Crippen LogP contribution in [0.3, 0.4) is 0 Å². The summed E-state index contributed by atoms with van der Waals surface area (Å²) in [6.07, 6.45) is 3.13. The summed E-state index contributed by atoms with van der Waals surface area (Å²) in [6, 6.07) is 12.6. The number of carbonyl (C=O) groups excluding carboxylic acids is 2. The van der Waals surface area contributed by atoms with E-state index in [0.717, 1.165) is 19.3 Å². The van der Waals surface area contributed by atoms with Gasteiger partial charge in [-0.05, 0) is 67.5 Å². The van der Waals surface area contributed by atoms with Crippen molar-refractivity contribution in [2.75, 3.05) is 19.1 Å². The lowest BCUT2D eigenvalue weighted by Gasteiger charge is -2.19. The van der Waals surface area contributed by atoms with E-state index in [2.05, 4.69) is 10.1 Å². The molecule has 8 heteroatoms. The van der Waals surface area contributed by atoms with E-state index in [0.29, 0.717) is 51.9 Å². The lowest BCUT2D eigenvalue weighted by Crippen LogP contribution is -2.32. The van der Waals surface area contributed by atoms with Gasteiger partial charge in [-0.3, -0.25) is 14.5 Å². The van der Waals surface area contributed by atoms with Crippen molar-refractivity contribution in [3.05, 3.63) is 42.5 Å². The Morgan fingerprint density at radius 2 is 1.64 bits per heavy atom. The summed E-state index contributed by atoms with van der Waals surface area (Å²) in [5.74, 6) is 2.15. The van der Waals surface area contributed by atoms with Crippen LogP contribution in [0.1, 0.15) is 19.3 Å². The van der Waals surface area contributed by atoms with Gasteiger partial charge < -0.3 is 14.0 Å². The van der Waals surface area contributed by atoms with Gasteiger partial charge in [-0.15, -0.1) is 0 Å². The van der Waals surface area contributed by atoms with Gasteiger partial charge >= 0.3 is 0 Å². The number of methoxy groups -OCH3 is 2. The number of benzene rings is 2. The molecule has 3 fully saturated rings. The Hall–Kier alpha value is -3.68. The summed E-state index contributed by atoms with van der Waals surface area (Å²) < 4.78 is 16.1. The third kappa shape index (κ3) is 2.97. The quantitative estimate of drug-likeness (QED) is 0.549. The molecule has 0 radical (unpaired) electrons. The highest BCUT2D eigenvalue weighted by atomic mass is 16.5. The topological polar surface area (TPSA) is 94.8 Å². The number of hydrogen-bond donors (Lipinski definition) is 0. The van der Waals surface area contributed by atoms with E-state index < -0.39 is 0 Å². The van der Waals surface area contributed by atoms with E-state index >= 15 is 0 Å². The Morgan fingerprint density at radius 3 is 2.33 bits per heavy atom. The van der Waals surface area contributed by atoms with E-state index in [1.807, 2.05) is 12.1 Å². The number of amides is 2. The monoisotopic (exact) mass is 445 g/mol. The third-order valence-corrected chi connectivity index (χ3v) is 7.35. The van der Waals surface area contributed by atoms with Gasteiger partial charge in [0.1, 0.15) is 0 Å². The molecular weight excluding hydrogens is 422 g/mol. The molecule has 168 valence electrons. The number of imide groups is 1. The number of carbonyl (C=O) groups is 2. The molecule has 2 aliphatic carbocycles. The lowest BCUT2D eigenvalue weighted by molar-refractivity contribution is -0.123. The Morgan fingerprint density at radius 1 is 0.909 bits per heavy atom. The number of rotatable bonds is 5. The standard InChI is InChI=1S/C25H23N3O5/c1-31-18-9-8-15(12-19(18)32-2)22-26-23(33-27-22)16-4-3-5-17(11-16)28-24(29)20-13-6-7-14(10-13)21(20)25(28)30/h3-5,8-9,11-14,20-21H,6-7,10H2,1-2H3/t13-,14-,20-,21-/m0/s1. The molecule has 1 aliphatic heterocycles. The van der Waals surface area contributed by atoms with Crippen molar-refractivity contribution in [3.63, 3.8) is 0 Å². The van der Waals surface area contributed by atoms with Crippen LogP contribution in [-0.4, -0.2) is 36.2 Å². The predicted molar refractivity (Wildman–Crippen MR) is 119 cm³/mol. The fourth-order valence-electron chi connectivity index (χ4n) is 5.87. The molecule has 3 aromatic rings. The van der Waals surface area contributed by atoms with Crippen LogP contribution in [0.15, 0.2) is 47.0 Å². The van der Waals surface area contributed by atoms with Gasteiger partial charge in [-0.1, -0.05) is 11.2 Å². The van der Waals surface area contributed by atoms with Gasteiger partial charge in [0.05, 0.1) is 31.7 Å². The zero-order chi connectivity index (χ0) is 22.7.